The van der Waals surface area contributed by atoms with Gasteiger partial charge in [-0.1, -0.05) is 78.4 Å². The van der Waals surface area contributed by atoms with E-state index in [-0.39, 0.29) is 0 Å². The van der Waals surface area contributed by atoms with Crippen molar-refractivity contribution in [3.05, 3.63) is 11.6 Å². The van der Waals surface area contributed by atoms with Crippen LogP contribution >= 0.6 is 0 Å². The second-order valence-corrected chi connectivity index (χ2v) is 14.3. The second-order valence-electron chi connectivity index (χ2n) is 14.3. The highest BCUT2D eigenvalue weighted by Gasteiger charge is 2.59. The molecule has 0 saturated heterocycles. The van der Waals surface area contributed by atoms with E-state index < -0.39 is 0 Å². The summed E-state index contributed by atoms with van der Waals surface area (Å²) >= 11 is 0. The molecule has 3 unspecified atom stereocenters. The van der Waals surface area contributed by atoms with E-state index in [1.165, 1.54) is 89.9 Å². The average molecular weight is 486 g/mol. The van der Waals surface area contributed by atoms with Crippen LogP contribution in [0.3, 0.4) is 0 Å². The summed E-state index contributed by atoms with van der Waals surface area (Å²) in [6.07, 6.45) is 23.2. The van der Waals surface area contributed by atoms with Gasteiger partial charge < -0.3 is 10.4 Å². The number of hydrogen-bond donors (Lipinski definition) is 2. The number of hydrogen-bond acceptors (Lipinski definition) is 2. The minimum atomic E-state index is 0.348. The number of unbranched alkanes of at least 4 members (excludes halogenated alkanes) is 3. The van der Waals surface area contributed by atoms with Crippen molar-refractivity contribution >= 4 is 0 Å². The molecular weight excluding hydrogens is 426 g/mol. The summed E-state index contributed by atoms with van der Waals surface area (Å²) in [5, 5.41) is 12.8. The predicted molar refractivity (Wildman–Crippen MR) is 150 cm³/mol. The minimum Gasteiger partial charge on any atom is -0.396 e. The van der Waals surface area contributed by atoms with Crippen molar-refractivity contribution in [2.45, 2.75) is 137 Å². The van der Waals surface area contributed by atoms with E-state index in [4.69, 9.17) is 5.11 Å². The number of aliphatic hydroxyl groups is 1. The summed E-state index contributed by atoms with van der Waals surface area (Å²) in [7, 11) is 0. The zero-order valence-electron chi connectivity index (χ0n) is 24.1. The molecule has 3 saturated carbocycles. The van der Waals surface area contributed by atoms with Gasteiger partial charge in [-0.15, -0.1) is 0 Å². The second kappa shape index (κ2) is 12.0. The summed E-state index contributed by atoms with van der Waals surface area (Å²) in [6.45, 7) is 14.3. The van der Waals surface area contributed by atoms with E-state index in [1.54, 1.807) is 0 Å². The molecule has 0 aliphatic heterocycles. The number of nitrogens with one attached hydrogen (secondary N) is 1. The highest BCUT2D eigenvalue weighted by atomic mass is 16.2. The van der Waals surface area contributed by atoms with Gasteiger partial charge >= 0.3 is 0 Å². The largest absolute Gasteiger partial charge is 0.396 e. The van der Waals surface area contributed by atoms with Gasteiger partial charge in [-0.3, -0.25) is 0 Å². The molecule has 0 aromatic carbocycles. The van der Waals surface area contributed by atoms with E-state index in [2.05, 4.69) is 46.0 Å². The van der Waals surface area contributed by atoms with Crippen molar-refractivity contribution in [3.63, 3.8) is 0 Å². The first kappa shape index (κ1) is 27.7. The van der Waals surface area contributed by atoms with Gasteiger partial charge in [0.1, 0.15) is 0 Å². The molecule has 8 atom stereocenters. The molecule has 0 amide bonds. The number of allylic oxidation sites excluding steroid dienone is 1. The average Bonchev–Trinajstić information content (AvgIpc) is 3.18. The minimum absolute atomic E-state index is 0.348. The molecule has 4 rings (SSSR count). The zero-order valence-corrected chi connectivity index (χ0v) is 24.1. The molecule has 0 radical (unpaired) electrons. The first-order valence-corrected chi connectivity index (χ1v) is 15.8. The molecule has 2 heteroatoms. The third kappa shape index (κ3) is 5.89. The fourth-order valence-corrected chi connectivity index (χ4v) is 9.79. The number of aliphatic hydroxyl groups excluding tert-OH is 1. The highest BCUT2D eigenvalue weighted by molar-refractivity contribution is 5.26. The molecule has 0 bridgehead atoms. The van der Waals surface area contributed by atoms with E-state index in [9.17, 15) is 0 Å². The quantitative estimate of drug-likeness (QED) is 0.214. The predicted octanol–water partition coefficient (Wildman–Crippen LogP) is 8.54. The van der Waals surface area contributed by atoms with Gasteiger partial charge in [-0.2, -0.15) is 0 Å². The molecule has 3 fully saturated rings. The van der Waals surface area contributed by atoms with Gasteiger partial charge in [0.05, 0.1) is 0 Å². The molecule has 35 heavy (non-hydrogen) atoms. The van der Waals surface area contributed by atoms with Crippen molar-refractivity contribution in [1.29, 1.82) is 0 Å². The summed E-state index contributed by atoms with van der Waals surface area (Å²) in [5.74, 6) is 5.67. The van der Waals surface area contributed by atoms with Crippen LogP contribution in [0.2, 0.25) is 0 Å². The molecule has 0 aromatic rings. The van der Waals surface area contributed by atoms with Gasteiger partial charge in [-0.25, -0.2) is 0 Å². The van der Waals surface area contributed by atoms with Crippen LogP contribution in [0, 0.1) is 46.3 Å². The Hall–Kier alpha value is -0.340. The molecule has 0 aromatic heterocycles. The summed E-state index contributed by atoms with van der Waals surface area (Å²) in [6, 6.07) is 0.601. The zero-order chi connectivity index (χ0) is 25.1. The van der Waals surface area contributed by atoms with Crippen molar-refractivity contribution in [2.75, 3.05) is 13.2 Å². The molecule has 4 aliphatic carbocycles. The van der Waals surface area contributed by atoms with Crippen LogP contribution in [0.4, 0.5) is 0 Å². The van der Waals surface area contributed by atoms with Crippen LogP contribution in [0.25, 0.3) is 0 Å². The molecule has 0 spiro atoms. The van der Waals surface area contributed by atoms with Gasteiger partial charge in [-0.05, 0) is 117 Å². The SMILES string of the molecule is CC(C)CCC[C@@H](C)[C@H]1CCC2C3CCC4=C[C@@H](NCCCCCCO)CC[C@]4(C)C3CC[C@@]21C. The third-order valence-electron chi connectivity index (χ3n) is 11.8. The van der Waals surface area contributed by atoms with Crippen molar-refractivity contribution in [1.82, 2.24) is 5.32 Å². The lowest BCUT2D eigenvalue weighted by Crippen LogP contribution is -2.51. The Labute approximate surface area is 218 Å². The van der Waals surface area contributed by atoms with Crippen LogP contribution in [-0.2, 0) is 0 Å². The Morgan fingerprint density at radius 3 is 2.46 bits per heavy atom. The first-order chi connectivity index (χ1) is 16.8. The fraction of sp³-hybridized carbons (Fsp3) is 0.939. The Morgan fingerprint density at radius 1 is 0.886 bits per heavy atom. The maximum Gasteiger partial charge on any atom is 0.0431 e. The van der Waals surface area contributed by atoms with Crippen molar-refractivity contribution < 1.29 is 5.11 Å². The van der Waals surface area contributed by atoms with Crippen molar-refractivity contribution in [2.24, 2.45) is 46.3 Å². The lowest BCUT2D eigenvalue weighted by atomic mass is 9.46. The van der Waals surface area contributed by atoms with Gasteiger partial charge in [0.15, 0.2) is 0 Å². The van der Waals surface area contributed by atoms with E-state index in [0.717, 1.165) is 48.5 Å². The van der Waals surface area contributed by atoms with Crippen LogP contribution in [0.5, 0.6) is 0 Å². The topological polar surface area (TPSA) is 32.3 Å². The maximum absolute atomic E-state index is 8.97. The summed E-state index contributed by atoms with van der Waals surface area (Å²) in [5.41, 5.74) is 2.91. The van der Waals surface area contributed by atoms with Gasteiger partial charge in [0.25, 0.3) is 0 Å². The molecule has 202 valence electrons. The van der Waals surface area contributed by atoms with Crippen LogP contribution in [0.1, 0.15) is 131 Å². The standard InChI is InChI=1S/C33H59NO/c1-24(2)11-10-12-25(3)29-15-16-30-28-14-13-26-23-27(34-21-8-6-7-9-22-35)17-19-32(26,4)31(28)18-20-33(29,30)5/h23-25,27-31,34-35H,6-22H2,1-5H3/t25-,27+,28?,29-,30?,31?,32+,33-/m1/s1. The lowest BCUT2D eigenvalue weighted by Gasteiger charge is -2.59. The molecule has 2 nitrogen and oxygen atoms in total. The van der Waals surface area contributed by atoms with Crippen molar-refractivity contribution in [3.8, 4) is 0 Å². The summed E-state index contributed by atoms with van der Waals surface area (Å²) in [4.78, 5) is 0. The Bertz CT molecular complexity index is 699. The lowest BCUT2D eigenvalue weighted by molar-refractivity contribution is -0.0599. The third-order valence-corrected chi connectivity index (χ3v) is 11.8. The number of fused-ring (bicyclic) bond motifs is 5. The Balaban J connectivity index is 1.35. The Kier molecular flexibility index (Phi) is 9.51. The van der Waals surface area contributed by atoms with Crippen LogP contribution < -0.4 is 5.32 Å². The van der Waals surface area contributed by atoms with Crippen LogP contribution in [0.15, 0.2) is 11.6 Å². The van der Waals surface area contributed by atoms with Gasteiger partial charge in [0, 0.05) is 12.6 Å². The number of rotatable bonds is 12. The van der Waals surface area contributed by atoms with E-state index in [1.807, 2.05) is 5.57 Å². The highest BCUT2D eigenvalue weighted by Crippen LogP contribution is 2.67. The molecular formula is C33H59NO. The van der Waals surface area contributed by atoms with Gasteiger partial charge in [0.2, 0.25) is 0 Å². The fourth-order valence-electron chi connectivity index (χ4n) is 9.79. The maximum atomic E-state index is 8.97. The van der Waals surface area contributed by atoms with E-state index in [0.29, 0.717) is 23.5 Å². The normalized spacial score (nSPS) is 39.6. The first-order valence-electron chi connectivity index (χ1n) is 15.8. The molecule has 0 heterocycles. The monoisotopic (exact) mass is 485 g/mol. The molecule has 2 N–H and O–H groups in total. The summed E-state index contributed by atoms with van der Waals surface area (Å²) < 4.78 is 0. The van der Waals surface area contributed by atoms with Crippen LogP contribution in [-0.4, -0.2) is 24.3 Å². The Morgan fingerprint density at radius 2 is 1.69 bits per heavy atom. The molecule has 4 aliphatic rings. The smallest absolute Gasteiger partial charge is 0.0431 e. The van der Waals surface area contributed by atoms with E-state index >= 15 is 0 Å².